The molecule has 2 N–H and O–H groups in total. The Hall–Kier alpha value is -3.42. The molecule has 0 unspecified atom stereocenters. The first-order chi connectivity index (χ1) is 14.3. The summed E-state index contributed by atoms with van der Waals surface area (Å²) in [6.45, 7) is -0.0541. The Balaban J connectivity index is 1.58. The maximum Gasteiger partial charge on any atom is 0.255 e. The quantitative estimate of drug-likeness (QED) is 0.754. The Morgan fingerprint density at radius 1 is 1.28 bits per heavy atom. The third-order valence-electron chi connectivity index (χ3n) is 5.09. The number of benzene rings is 2. The number of nitrogens with one attached hydrogen (secondary N) is 2. The number of carbonyl (C=O) groups is 3. The standard InChI is InChI=1S/C21H20FN3O4/c1-23-15-6-2-4-12(19(15)22)11-29-17-7-3-5-13-14(17)10-25(21(13)28)16-8-9-18(26)24-20(16)27/h2-7,16,23H,8-11H2,1H3,(H,24,26,27)/t16-/m1/s1/i16D. The molecule has 2 aromatic rings. The molecule has 3 amide bonds. The number of nitrogens with zero attached hydrogens (tertiary/aromatic N) is 1. The van der Waals surface area contributed by atoms with Gasteiger partial charge < -0.3 is 15.0 Å². The average Bonchev–Trinajstić information content (AvgIpc) is 3.08. The Morgan fingerprint density at radius 2 is 2.07 bits per heavy atom. The zero-order valence-electron chi connectivity index (χ0n) is 16.8. The van der Waals surface area contributed by atoms with Crippen LogP contribution >= 0.6 is 0 Å². The van der Waals surface area contributed by atoms with E-state index in [2.05, 4.69) is 10.6 Å². The summed E-state index contributed by atoms with van der Waals surface area (Å²) in [4.78, 5) is 37.8. The number of carbonyl (C=O) groups excluding carboxylic acids is 3. The van der Waals surface area contributed by atoms with Crippen LogP contribution in [0, 0.1) is 5.82 Å². The van der Waals surface area contributed by atoms with Crippen molar-refractivity contribution in [2.75, 3.05) is 12.4 Å². The molecule has 2 aromatic carbocycles. The van der Waals surface area contributed by atoms with Crippen LogP contribution in [-0.4, -0.2) is 35.7 Å². The monoisotopic (exact) mass is 398 g/mol. The Kier molecular flexibility index (Phi) is 4.59. The number of ether oxygens (including phenoxy) is 1. The van der Waals surface area contributed by atoms with Crippen LogP contribution in [0.15, 0.2) is 36.4 Å². The normalized spacial score (nSPS) is 21.5. The number of fused-ring (bicyclic) bond motifs is 1. The molecule has 150 valence electrons. The molecule has 4 rings (SSSR count). The van der Waals surface area contributed by atoms with Crippen LogP contribution in [0.25, 0.3) is 0 Å². The second kappa shape index (κ2) is 7.54. The van der Waals surface area contributed by atoms with Crippen molar-refractivity contribution < 1.29 is 24.9 Å². The number of halogens is 1. The van der Waals surface area contributed by atoms with Gasteiger partial charge in [-0.2, -0.15) is 0 Å². The maximum absolute atomic E-state index is 14.4. The first kappa shape index (κ1) is 17.7. The number of anilines is 1. The third kappa shape index (κ3) is 3.41. The molecule has 2 aliphatic heterocycles. The lowest BCUT2D eigenvalue weighted by atomic mass is 10.0. The lowest BCUT2D eigenvalue weighted by Crippen LogP contribution is -2.52. The topological polar surface area (TPSA) is 87.7 Å². The molecule has 0 radical (unpaired) electrons. The highest BCUT2D eigenvalue weighted by atomic mass is 19.1. The van der Waals surface area contributed by atoms with Gasteiger partial charge in [-0.1, -0.05) is 18.2 Å². The SMILES string of the molecule is [2H][C@@]1(N2Cc3c(OCc4cccc(NC)c4F)cccc3C2=O)CCC(=O)NC1=O. The molecule has 0 aromatic heterocycles. The predicted octanol–water partition coefficient (Wildman–Crippen LogP) is 2.21. The summed E-state index contributed by atoms with van der Waals surface area (Å²) < 4.78 is 28.8. The van der Waals surface area contributed by atoms with Gasteiger partial charge in [-0.25, -0.2) is 4.39 Å². The van der Waals surface area contributed by atoms with Crippen LogP contribution in [0.5, 0.6) is 5.75 Å². The molecule has 7 nitrogen and oxygen atoms in total. The smallest absolute Gasteiger partial charge is 0.255 e. The van der Waals surface area contributed by atoms with Crippen molar-refractivity contribution in [1.29, 1.82) is 0 Å². The minimum absolute atomic E-state index is 0.00547. The summed E-state index contributed by atoms with van der Waals surface area (Å²) in [6.07, 6.45) is -0.0879. The summed E-state index contributed by atoms with van der Waals surface area (Å²) in [7, 11) is 1.62. The van der Waals surface area contributed by atoms with E-state index in [1.54, 1.807) is 43.4 Å². The minimum atomic E-state index is -1.87. The summed E-state index contributed by atoms with van der Waals surface area (Å²) in [6, 6.07) is 7.97. The van der Waals surface area contributed by atoms with Crippen molar-refractivity contribution in [1.82, 2.24) is 10.2 Å². The second-order valence-corrected chi connectivity index (χ2v) is 6.81. The zero-order chi connectivity index (χ0) is 21.5. The molecule has 29 heavy (non-hydrogen) atoms. The van der Waals surface area contributed by atoms with Gasteiger partial charge in [0.05, 0.1) is 13.6 Å². The van der Waals surface area contributed by atoms with E-state index in [4.69, 9.17) is 6.11 Å². The summed E-state index contributed by atoms with van der Waals surface area (Å²) >= 11 is 0. The molecule has 0 bridgehead atoms. The van der Waals surface area contributed by atoms with E-state index < -0.39 is 29.6 Å². The van der Waals surface area contributed by atoms with E-state index in [0.29, 0.717) is 28.1 Å². The fourth-order valence-corrected chi connectivity index (χ4v) is 3.56. The lowest BCUT2D eigenvalue weighted by Gasteiger charge is -2.29. The van der Waals surface area contributed by atoms with Crippen molar-refractivity contribution >= 4 is 23.4 Å². The predicted molar refractivity (Wildman–Crippen MR) is 103 cm³/mol. The minimum Gasteiger partial charge on any atom is -0.488 e. The zero-order valence-corrected chi connectivity index (χ0v) is 15.8. The van der Waals surface area contributed by atoms with Crippen LogP contribution < -0.4 is 15.4 Å². The van der Waals surface area contributed by atoms with Crippen LogP contribution in [0.4, 0.5) is 10.1 Å². The third-order valence-corrected chi connectivity index (χ3v) is 5.09. The van der Waals surface area contributed by atoms with Gasteiger partial charge in [-0.05, 0) is 24.6 Å². The van der Waals surface area contributed by atoms with E-state index in [1.165, 1.54) is 0 Å². The van der Waals surface area contributed by atoms with Gasteiger partial charge in [0, 0.05) is 30.2 Å². The molecular formula is C21H20FN3O4. The van der Waals surface area contributed by atoms with Crippen molar-refractivity contribution in [3.63, 3.8) is 0 Å². The maximum atomic E-state index is 14.4. The Labute approximate surface area is 168 Å². The van der Waals surface area contributed by atoms with Gasteiger partial charge in [0.2, 0.25) is 11.8 Å². The van der Waals surface area contributed by atoms with Crippen molar-refractivity contribution in [2.24, 2.45) is 0 Å². The van der Waals surface area contributed by atoms with Crippen molar-refractivity contribution in [3.05, 3.63) is 58.9 Å². The largest absolute Gasteiger partial charge is 0.488 e. The van der Waals surface area contributed by atoms with E-state index in [-0.39, 0.29) is 26.0 Å². The molecule has 1 atom stereocenters. The number of imide groups is 1. The van der Waals surface area contributed by atoms with E-state index in [9.17, 15) is 18.8 Å². The molecule has 1 saturated heterocycles. The number of amides is 3. The second-order valence-electron chi connectivity index (χ2n) is 6.81. The van der Waals surface area contributed by atoms with Crippen LogP contribution in [0.3, 0.4) is 0 Å². The van der Waals surface area contributed by atoms with Gasteiger partial charge in [0.1, 0.15) is 18.4 Å². The highest BCUT2D eigenvalue weighted by Gasteiger charge is 2.40. The van der Waals surface area contributed by atoms with Gasteiger partial charge >= 0.3 is 0 Å². The van der Waals surface area contributed by atoms with Crippen molar-refractivity contribution in [2.45, 2.75) is 32.0 Å². The van der Waals surface area contributed by atoms with Gasteiger partial charge in [0.15, 0.2) is 5.82 Å². The fraction of sp³-hybridized carbons (Fsp3) is 0.286. The van der Waals surface area contributed by atoms with Gasteiger partial charge in [-0.15, -0.1) is 0 Å². The molecule has 0 saturated carbocycles. The van der Waals surface area contributed by atoms with Crippen LogP contribution in [0.1, 0.15) is 35.7 Å². The Morgan fingerprint density at radius 3 is 2.83 bits per heavy atom. The first-order valence-corrected chi connectivity index (χ1v) is 9.21. The molecule has 1 fully saturated rings. The molecule has 2 aliphatic rings. The van der Waals surface area contributed by atoms with Gasteiger partial charge in [0.25, 0.3) is 5.91 Å². The van der Waals surface area contributed by atoms with Crippen LogP contribution in [0.2, 0.25) is 0 Å². The number of piperidine rings is 1. The van der Waals surface area contributed by atoms with Gasteiger partial charge in [-0.3, -0.25) is 19.7 Å². The molecule has 2 heterocycles. The first-order valence-electron chi connectivity index (χ1n) is 9.71. The average molecular weight is 398 g/mol. The van der Waals surface area contributed by atoms with Crippen molar-refractivity contribution in [3.8, 4) is 5.75 Å². The summed E-state index contributed by atoms with van der Waals surface area (Å²) in [5, 5.41) is 4.90. The van der Waals surface area contributed by atoms with E-state index in [1.807, 2.05) is 0 Å². The summed E-state index contributed by atoms with van der Waals surface area (Å²) in [5.41, 5.74) is 1.56. The Bertz CT molecular complexity index is 1060. The molecule has 8 heteroatoms. The highest BCUT2D eigenvalue weighted by Crippen LogP contribution is 2.34. The lowest BCUT2D eigenvalue weighted by molar-refractivity contribution is -0.136. The van der Waals surface area contributed by atoms with E-state index in [0.717, 1.165) is 4.90 Å². The number of rotatable bonds is 5. The number of hydrogen-bond acceptors (Lipinski definition) is 5. The highest BCUT2D eigenvalue weighted by molar-refractivity contribution is 6.05. The number of hydrogen-bond donors (Lipinski definition) is 2. The van der Waals surface area contributed by atoms with Crippen LogP contribution in [-0.2, 0) is 22.7 Å². The summed E-state index contributed by atoms with van der Waals surface area (Å²) in [5.74, 6) is -1.78. The van der Waals surface area contributed by atoms with E-state index >= 15 is 0 Å². The molecule has 0 aliphatic carbocycles. The molecular weight excluding hydrogens is 377 g/mol. The molecule has 0 spiro atoms. The fourth-order valence-electron chi connectivity index (χ4n) is 3.56.